The van der Waals surface area contributed by atoms with Crippen molar-refractivity contribution in [3.05, 3.63) is 183 Å². The summed E-state index contributed by atoms with van der Waals surface area (Å²) in [4.78, 5) is 0. The first-order valence-corrected chi connectivity index (χ1v) is 24.0. The molecule has 0 saturated heterocycles. The highest BCUT2D eigenvalue weighted by Gasteiger charge is 2.95. The van der Waals surface area contributed by atoms with Gasteiger partial charge in [0.25, 0.3) is 0 Å². The first-order chi connectivity index (χ1) is 34.3. The number of pyridine rings is 6. The second-order valence-corrected chi connectivity index (χ2v) is 20.2. The number of hydrogen-bond donors (Lipinski definition) is 0. The van der Waals surface area contributed by atoms with E-state index in [9.17, 15) is 0 Å². The topological polar surface area (TPSA) is 46.6 Å². The zero-order valence-electron chi connectivity index (χ0n) is 36.2. The molecule has 18 heterocycles. The molecule has 3 spiro atoms. The summed E-state index contributed by atoms with van der Waals surface area (Å²) < 4.78 is 32.2. The Kier molecular flexibility index (Phi) is 4.13. The zero-order valence-corrected chi connectivity index (χ0v) is 36.2. The molecular formula is C57H30N12+12. The van der Waals surface area contributed by atoms with Gasteiger partial charge in [-0.15, -0.1) is 0 Å². The summed E-state index contributed by atoms with van der Waals surface area (Å²) in [6.07, 6.45) is 14.0. The smallest absolute Gasteiger partial charge is 0.0497 e. The summed E-state index contributed by atoms with van der Waals surface area (Å²) in [5.41, 5.74) is 29.1. The second kappa shape index (κ2) is 9.04. The van der Waals surface area contributed by atoms with Crippen LogP contribution in [0.5, 0.6) is 0 Å². The third-order valence-electron chi connectivity index (χ3n) is 18.0. The van der Waals surface area contributed by atoms with E-state index in [2.05, 4.69) is 238 Å². The molecule has 12 nitrogen and oxygen atoms in total. The van der Waals surface area contributed by atoms with Crippen molar-refractivity contribution in [2.24, 2.45) is 0 Å². The van der Waals surface area contributed by atoms with Crippen LogP contribution in [-0.2, 0) is 17.7 Å². The minimum atomic E-state index is -0.936. The zero-order chi connectivity index (χ0) is 43.5. The van der Waals surface area contributed by atoms with Crippen molar-refractivity contribution >= 4 is 66.2 Å². The normalized spacial score (nSPS) is 21.2. The molecule has 0 unspecified atom stereocenters. The molecule has 0 atom stereocenters. The number of rotatable bonds is 0. The predicted molar refractivity (Wildman–Crippen MR) is 239 cm³/mol. The molecule has 22 rings (SSSR count). The molecule has 4 aromatic carbocycles. The highest BCUT2D eigenvalue weighted by Crippen LogP contribution is 2.51. The Morgan fingerprint density at radius 1 is 0.188 bits per heavy atom. The van der Waals surface area contributed by atoms with Gasteiger partial charge in [0.2, 0.25) is 34.2 Å². The quantitative estimate of drug-likeness (QED) is 0.126. The Morgan fingerprint density at radius 3 is 0.536 bits per heavy atom. The Labute approximate surface area is 387 Å². The molecule has 0 bridgehead atoms. The minimum absolute atomic E-state index is 0.936. The number of aromatic nitrogens is 12. The summed E-state index contributed by atoms with van der Waals surface area (Å²) in [5.74, 6) is -2.81. The van der Waals surface area contributed by atoms with Crippen molar-refractivity contribution in [3.63, 3.8) is 0 Å². The van der Waals surface area contributed by atoms with Gasteiger partial charge < -0.3 is 0 Å². The summed E-state index contributed by atoms with van der Waals surface area (Å²) >= 11 is 0. The Balaban J connectivity index is 1.20. The van der Waals surface area contributed by atoms with Crippen LogP contribution in [-0.4, -0.2) is 0 Å². The van der Waals surface area contributed by atoms with Gasteiger partial charge >= 0.3 is 83.9 Å². The fourth-order valence-electron chi connectivity index (χ4n) is 16.2. The van der Waals surface area contributed by atoms with Crippen molar-refractivity contribution < 1.29 is 54.8 Å². The number of fused-ring (bicyclic) bond motifs is 12. The van der Waals surface area contributed by atoms with Crippen LogP contribution in [0.3, 0.4) is 0 Å². The van der Waals surface area contributed by atoms with Crippen LogP contribution in [0.15, 0.2) is 183 Å². The third kappa shape index (κ3) is 2.47. The summed E-state index contributed by atoms with van der Waals surface area (Å²) in [6.45, 7) is 0. The van der Waals surface area contributed by atoms with Crippen molar-refractivity contribution in [3.8, 4) is 67.5 Å². The lowest BCUT2D eigenvalue weighted by Crippen LogP contribution is -3.00. The molecular weight excluding hydrogens is 853 g/mol. The number of nitrogens with zero attached hydrogens (tertiary/aromatic N) is 12. The highest BCUT2D eigenvalue weighted by atomic mass is 15.7. The van der Waals surface area contributed by atoms with Gasteiger partial charge in [-0.25, -0.2) is 0 Å². The van der Waals surface area contributed by atoms with Gasteiger partial charge in [0, 0.05) is 100 Å². The van der Waals surface area contributed by atoms with Gasteiger partial charge in [0.1, 0.15) is 33.4 Å². The lowest BCUT2D eigenvalue weighted by atomic mass is 9.95. The van der Waals surface area contributed by atoms with Crippen LogP contribution in [0.4, 0.5) is 0 Å². The first-order valence-electron chi connectivity index (χ1n) is 24.0. The van der Waals surface area contributed by atoms with Crippen LogP contribution >= 0.6 is 0 Å². The third-order valence-corrected chi connectivity index (χ3v) is 18.0. The number of benzene rings is 4. The maximum absolute atomic E-state index is 2.79. The lowest BCUT2D eigenvalue weighted by Gasteiger charge is -2.22. The largest absolute Gasteiger partial charge is 0.771 e. The average molecular weight is 883 g/mol. The second-order valence-electron chi connectivity index (χ2n) is 20.2. The van der Waals surface area contributed by atoms with Gasteiger partial charge in [-0.3, -0.25) is 0 Å². The van der Waals surface area contributed by atoms with Crippen LogP contribution in [0, 0.1) is 0 Å². The van der Waals surface area contributed by atoms with Gasteiger partial charge in [0.05, 0.1) is 0 Å². The molecule has 12 heteroatoms. The minimum Gasteiger partial charge on any atom is -0.0497 e. The first kappa shape index (κ1) is 31.5. The molecule has 0 saturated carbocycles. The molecule has 69 heavy (non-hydrogen) atoms. The van der Waals surface area contributed by atoms with Gasteiger partial charge in [-0.1, -0.05) is 0 Å². The molecule has 0 N–H and O–H groups in total. The van der Waals surface area contributed by atoms with Gasteiger partial charge in [0.15, 0.2) is 37.2 Å². The van der Waals surface area contributed by atoms with Crippen molar-refractivity contribution in [2.45, 2.75) is 17.7 Å². The predicted octanol–water partition coefficient (Wildman–Crippen LogP) is 1.52. The Morgan fingerprint density at radius 2 is 0.362 bits per heavy atom. The monoisotopic (exact) mass is 882 g/mol. The van der Waals surface area contributed by atoms with E-state index in [0.29, 0.717) is 0 Å². The number of hydrogen-bond acceptors (Lipinski definition) is 0. The molecule has 0 radical (unpaired) electrons. The van der Waals surface area contributed by atoms with Crippen molar-refractivity contribution in [1.29, 1.82) is 0 Å². The Bertz CT molecular complexity index is 4260. The highest BCUT2D eigenvalue weighted by molar-refractivity contribution is 6.16. The van der Waals surface area contributed by atoms with E-state index in [1.165, 1.54) is 134 Å². The summed E-state index contributed by atoms with van der Waals surface area (Å²) in [7, 11) is 0. The Hall–Kier alpha value is -9.42. The van der Waals surface area contributed by atoms with E-state index < -0.39 is 17.7 Å². The fraction of sp³-hybridized carbons (Fsp3) is 0.0526. The molecule has 0 amide bonds. The maximum Gasteiger partial charge on any atom is 0.771 e. The average Bonchev–Trinajstić information content (AvgIpc) is 4.05. The van der Waals surface area contributed by atoms with E-state index in [1.54, 1.807) is 0 Å². The van der Waals surface area contributed by atoms with Crippen molar-refractivity contribution in [2.75, 3.05) is 0 Å². The van der Waals surface area contributed by atoms with Gasteiger partial charge in [-0.2, -0.15) is 0 Å². The molecule has 9 aliphatic rings. The van der Waals surface area contributed by atoms with Crippen LogP contribution < -0.4 is 54.8 Å². The molecule has 0 fully saturated rings. The van der Waals surface area contributed by atoms with Gasteiger partial charge in [-0.05, 0) is 100 Å². The molecule has 306 valence electrons. The van der Waals surface area contributed by atoms with E-state index in [-0.39, 0.29) is 0 Å². The molecule has 0 aliphatic carbocycles. The lowest BCUT2D eigenvalue weighted by molar-refractivity contribution is -1.30. The van der Waals surface area contributed by atoms with E-state index in [0.717, 1.165) is 0 Å². The molecule has 9 aliphatic heterocycles. The van der Waals surface area contributed by atoms with E-state index in [4.69, 9.17) is 0 Å². The maximum atomic E-state index is 2.79. The van der Waals surface area contributed by atoms with Crippen LogP contribution in [0.1, 0.15) is 0 Å². The van der Waals surface area contributed by atoms with Crippen LogP contribution in [0.2, 0.25) is 0 Å². The van der Waals surface area contributed by atoms with E-state index in [1.807, 2.05) is 0 Å². The van der Waals surface area contributed by atoms with E-state index >= 15 is 0 Å². The van der Waals surface area contributed by atoms with Crippen molar-refractivity contribution in [1.82, 2.24) is 0 Å². The molecule has 9 aromatic heterocycles. The molecule has 13 aromatic rings. The van der Waals surface area contributed by atoms with Crippen LogP contribution in [0.25, 0.3) is 134 Å². The standard InChI is InChI=1S/C57H30N12/c1-7-25-58-37(13-1)31-19-20-32-39-15-3-9-27-60(39)56-61-28-10-4-17-41(61)35-23-24-36-42-18-6-12-30-63(42)57-62-29-11-5-16-40(62)34-22-21-33-38-14-2-8-26-59(38)55(58)64-43(31)44(32)66(56)51-49(64)50-52(67(57)46(34)45(33)65(50)55)54-53(51)68(56)47(35)48(36)69(54)57/h1-30H/q+12. The summed E-state index contributed by atoms with van der Waals surface area (Å²) in [6, 6.07) is 55.2. The fourth-order valence-corrected chi connectivity index (χ4v) is 16.2. The SMILES string of the molecule is c1cc[n+]2c(c1)-c1ccc3c4c1[n+]1c5c6c7c8c9c5[n+]5c%10c(ccc%11c%10[n+]9C9([n+]%10ccccc%10-%11)[n+]%10ccccc%10-c%10ccc%11c(c%10[n+]89)[n+]7C([n+]7ccccc7-3)([n+]3ccccc3-%11)[n+]46)-c3cccc[n+]3C215. The summed E-state index contributed by atoms with van der Waals surface area (Å²) in [5, 5.41) is 0.